The van der Waals surface area contributed by atoms with Gasteiger partial charge in [-0.25, -0.2) is 0 Å². The molecule has 0 bridgehead atoms. The van der Waals surface area contributed by atoms with Gasteiger partial charge in [0.1, 0.15) is 7.11 Å². The minimum atomic E-state index is 0.428. The molecule has 0 fully saturated rings. The van der Waals surface area contributed by atoms with Crippen molar-refractivity contribution in [2.24, 2.45) is 10.9 Å². The second-order valence-corrected chi connectivity index (χ2v) is 2.58. The third-order valence-electron chi connectivity index (χ3n) is 0.963. The molecular formula is C6H8N2OS. The molecule has 0 aromatic carbocycles. The molecule has 0 amide bonds. The fourth-order valence-corrected chi connectivity index (χ4v) is 1.19. The van der Waals surface area contributed by atoms with E-state index in [1.54, 1.807) is 0 Å². The maximum absolute atomic E-state index is 5.49. The summed E-state index contributed by atoms with van der Waals surface area (Å²) in [5, 5.41) is 5.51. The van der Waals surface area contributed by atoms with Gasteiger partial charge in [-0.15, -0.1) is 11.3 Å². The lowest BCUT2D eigenvalue weighted by atomic mass is 10.4. The van der Waals surface area contributed by atoms with Gasteiger partial charge in [-0.05, 0) is 11.4 Å². The second kappa shape index (κ2) is 3.22. The topological polar surface area (TPSA) is 47.6 Å². The van der Waals surface area contributed by atoms with Crippen LogP contribution in [0, 0.1) is 0 Å². The van der Waals surface area contributed by atoms with Crippen LogP contribution in [0.1, 0.15) is 4.88 Å². The van der Waals surface area contributed by atoms with Crippen LogP contribution in [0.2, 0.25) is 0 Å². The molecule has 0 saturated carbocycles. The Labute approximate surface area is 63.1 Å². The monoisotopic (exact) mass is 156 g/mol. The van der Waals surface area contributed by atoms with E-state index >= 15 is 0 Å². The lowest BCUT2D eigenvalue weighted by molar-refractivity contribution is 0.213. The van der Waals surface area contributed by atoms with Gasteiger partial charge in [-0.1, -0.05) is 11.2 Å². The zero-order chi connectivity index (χ0) is 7.40. The molecular weight excluding hydrogens is 148 g/mol. The van der Waals surface area contributed by atoms with Gasteiger partial charge in [0.05, 0.1) is 4.88 Å². The molecule has 0 aliphatic heterocycles. The van der Waals surface area contributed by atoms with Crippen molar-refractivity contribution in [2.45, 2.75) is 0 Å². The van der Waals surface area contributed by atoms with E-state index < -0.39 is 0 Å². The van der Waals surface area contributed by atoms with E-state index in [0.717, 1.165) is 4.88 Å². The van der Waals surface area contributed by atoms with Crippen LogP contribution in [0.5, 0.6) is 0 Å². The Kier molecular flexibility index (Phi) is 2.28. The second-order valence-electron chi connectivity index (χ2n) is 1.64. The Morgan fingerprint density at radius 1 is 1.80 bits per heavy atom. The molecule has 10 heavy (non-hydrogen) atoms. The average Bonchev–Trinajstić information content (AvgIpc) is 2.38. The van der Waals surface area contributed by atoms with Crippen LogP contribution in [-0.2, 0) is 4.84 Å². The first-order chi connectivity index (χ1) is 4.84. The minimum absolute atomic E-state index is 0.428. The smallest absolute Gasteiger partial charge is 0.180 e. The van der Waals surface area contributed by atoms with Gasteiger partial charge >= 0.3 is 0 Å². The van der Waals surface area contributed by atoms with E-state index in [9.17, 15) is 0 Å². The van der Waals surface area contributed by atoms with Crippen molar-refractivity contribution in [1.82, 2.24) is 0 Å². The molecule has 0 atom stereocenters. The highest BCUT2D eigenvalue weighted by Crippen LogP contribution is 2.07. The van der Waals surface area contributed by atoms with Crippen LogP contribution < -0.4 is 5.73 Å². The Hall–Kier alpha value is -1.03. The highest BCUT2D eigenvalue weighted by molar-refractivity contribution is 7.12. The maximum atomic E-state index is 5.49. The molecule has 1 rings (SSSR count). The summed E-state index contributed by atoms with van der Waals surface area (Å²) in [6.07, 6.45) is 0. The first kappa shape index (κ1) is 7.08. The van der Waals surface area contributed by atoms with Crippen LogP contribution in [0.15, 0.2) is 22.7 Å². The summed E-state index contributed by atoms with van der Waals surface area (Å²) in [6, 6.07) is 3.81. The van der Waals surface area contributed by atoms with Gasteiger partial charge in [-0.3, -0.25) is 0 Å². The molecule has 54 valence electrons. The molecule has 0 spiro atoms. The predicted molar refractivity (Wildman–Crippen MR) is 42.1 cm³/mol. The molecule has 0 unspecified atom stereocenters. The highest BCUT2D eigenvalue weighted by Gasteiger charge is 1.96. The lowest BCUT2D eigenvalue weighted by Crippen LogP contribution is -2.11. The van der Waals surface area contributed by atoms with Gasteiger partial charge in [0.2, 0.25) is 0 Å². The predicted octanol–water partition coefficient (Wildman–Crippen LogP) is 1.01. The number of thiophene rings is 1. The molecule has 1 heterocycles. The fourth-order valence-electron chi connectivity index (χ4n) is 0.568. The van der Waals surface area contributed by atoms with Crippen molar-refractivity contribution in [2.75, 3.05) is 7.11 Å². The summed E-state index contributed by atoms with van der Waals surface area (Å²) < 4.78 is 0. The molecule has 0 aliphatic carbocycles. The van der Waals surface area contributed by atoms with Crippen LogP contribution in [0.25, 0.3) is 0 Å². The number of nitrogens with zero attached hydrogens (tertiary/aromatic N) is 1. The Bertz CT molecular complexity index is 218. The van der Waals surface area contributed by atoms with E-state index in [1.807, 2.05) is 17.5 Å². The van der Waals surface area contributed by atoms with Crippen molar-refractivity contribution in [3.05, 3.63) is 22.4 Å². The van der Waals surface area contributed by atoms with Crippen LogP contribution in [-0.4, -0.2) is 12.9 Å². The maximum Gasteiger partial charge on any atom is 0.180 e. The van der Waals surface area contributed by atoms with E-state index in [-0.39, 0.29) is 0 Å². The summed E-state index contributed by atoms with van der Waals surface area (Å²) in [5.74, 6) is 0.428. The van der Waals surface area contributed by atoms with Crippen LogP contribution in [0.4, 0.5) is 0 Å². The lowest BCUT2D eigenvalue weighted by Gasteiger charge is -1.92. The first-order valence-corrected chi connectivity index (χ1v) is 3.63. The summed E-state index contributed by atoms with van der Waals surface area (Å²) in [5.41, 5.74) is 5.49. The summed E-state index contributed by atoms with van der Waals surface area (Å²) in [7, 11) is 1.47. The fraction of sp³-hybridized carbons (Fsp3) is 0.167. The van der Waals surface area contributed by atoms with Crippen molar-refractivity contribution in [3.63, 3.8) is 0 Å². The quantitative estimate of drug-likeness (QED) is 0.394. The summed E-state index contributed by atoms with van der Waals surface area (Å²) in [6.45, 7) is 0. The standard InChI is InChI=1S/C6H8N2OS/c1-9-8-6(7)5-3-2-4-10-5/h2-4H,1H3,(H2,7,8). The van der Waals surface area contributed by atoms with Gasteiger partial charge in [0.15, 0.2) is 5.84 Å². The largest absolute Gasteiger partial charge is 0.397 e. The number of hydrogen-bond donors (Lipinski definition) is 1. The Morgan fingerprint density at radius 3 is 3.10 bits per heavy atom. The number of rotatable bonds is 2. The molecule has 4 heteroatoms. The van der Waals surface area contributed by atoms with E-state index in [0.29, 0.717) is 5.84 Å². The molecule has 0 saturated heterocycles. The van der Waals surface area contributed by atoms with Crippen molar-refractivity contribution < 1.29 is 4.84 Å². The molecule has 3 nitrogen and oxygen atoms in total. The van der Waals surface area contributed by atoms with E-state index in [2.05, 4.69) is 9.99 Å². The third-order valence-corrected chi connectivity index (χ3v) is 1.86. The van der Waals surface area contributed by atoms with Crippen molar-refractivity contribution >= 4 is 17.2 Å². The van der Waals surface area contributed by atoms with Gasteiger partial charge < -0.3 is 10.6 Å². The molecule has 1 aromatic rings. The first-order valence-electron chi connectivity index (χ1n) is 2.75. The molecule has 2 N–H and O–H groups in total. The van der Waals surface area contributed by atoms with Crippen molar-refractivity contribution in [1.29, 1.82) is 0 Å². The normalized spacial score (nSPS) is 11.5. The highest BCUT2D eigenvalue weighted by atomic mass is 32.1. The summed E-state index contributed by atoms with van der Waals surface area (Å²) >= 11 is 1.54. The van der Waals surface area contributed by atoms with E-state index in [1.165, 1.54) is 18.4 Å². The summed E-state index contributed by atoms with van der Waals surface area (Å²) in [4.78, 5) is 5.43. The zero-order valence-electron chi connectivity index (χ0n) is 5.57. The molecule has 0 aliphatic rings. The third kappa shape index (κ3) is 1.48. The van der Waals surface area contributed by atoms with Gasteiger partial charge in [-0.2, -0.15) is 0 Å². The molecule has 0 radical (unpaired) electrons. The van der Waals surface area contributed by atoms with Gasteiger partial charge in [0.25, 0.3) is 0 Å². The number of amidine groups is 1. The van der Waals surface area contributed by atoms with Crippen LogP contribution >= 0.6 is 11.3 Å². The minimum Gasteiger partial charge on any atom is -0.397 e. The number of oxime groups is 1. The van der Waals surface area contributed by atoms with Gasteiger partial charge in [0, 0.05) is 0 Å². The van der Waals surface area contributed by atoms with Crippen LogP contribution in [0.3, 0.4) is 0 Å². The Balaban J connectivity index is 2.77. The number of nitrogens with two attached hydrogens (primary N) is 1. The Morgan fingerprint density at radius 2 is 2.60 bits per heavy atom. The zero-order valence-corrected chi connectivity index (χ0v) is 6.39. The average molecular weight is 156 g/mol. The number of hydrogen-bond acceptors (Lipinski definition) is 3. The van der Waals surface area contributed by atoms with Crippen molar-refractivity contribution in [3.8, 4) is 0 Å². The SMILES string of the molecule is CO/N=C(\N)c1cccs1. The molecule has 1 aromatic heterocycles. The van der Waals surface area contributed by atoms with E-state index in [4.69, 9.17) is 5.73 Å².